The van der Waals surface area contributed by atoms with Gasteiger partial charge in [0.1, 0.15) is 5.69 Å². The molecular weight excluding hydrogens is 377 g/mol. The van der Waals surface area contributed by atoms with E-state index < -0.39 is 17.8 Å². The Bertz CT molecular complexity index is 1240. The molecule has 0 radical (unpaired) electrons. The van der Waals surface area contributed by atoms with Crippen molar-refractivity contribution in [3.05, 3.63) is 41.3 Å². The van der Waals surface area contributed by atoms with Gasteiger partial charge in [0.2, 0.25) is 0 Å². The maximum atomic E-state index is 13.1. The van der Waals surface area contributed by atoms with E-state index in [2.05, 4.69) is 20.2 Å². The van der Waals surface area contributed by atoms with Crippen LogP contribution in [0.2, 0.25) is 0 Å². The quantitative estimate of drug-likeness (QED) is 0.577. The lowest BCUT2D eigenvalue weighted by Gasteiger charge is -2.08. The highest BCUT2D eigenvalue weighted by Gasteiger charge is 2.34. The highest BCUT2D eigenvalue weighted by molar-refractivity contribution is 5.96. The fourth-order valence-corrected chi connectivity index (χ4v) is 3.09. The molecule has 0 bridgehead atoms. The lowest BCUT2D eigenvalue weighted by molar-refractivity contribution is -0.141. The van der Waals surface area contributed by atoms with Gasteiger partial charge in [0.25, 0.3) is 0 Å². The van der Waals surface area contributed by atoms with Crippen LogP contribution in [0.25, 0.3) is 28.1 Å². The fraction of sp³-hybridized carbons (Fsp3) is 0.235. The number of carboxylic acid groups (broad SMARTS) is 1. The van der Waals surface area contributed by atoms with Crippen molar-refractivity contribution >= 4 is 22.6 Å². The Morgan fingerprint density at radius 2 is 2.00 bits per heavy atom. The molecule has 28 heavy (non-hydrogen) atoms. The summed E-state index contributed by atoms with van der Waals surface area (Å²) in [4.78, 5) is 19.8. The Labute approximate surface area is 155 Å². The number of carboxylic acids is 1. The van der Waals surface area contributed by atoms with Crippen LogP contribution in [0.4, 0.5) is 13.2 Å². The van der Waals surface area contributed by atoms with E-state index in [1.807, 2.05) is 6.92 Å². The monoisotopic (exact) mass is 390 g/mol. The third-order valence-corrected chi connectivity index (χ3v) is 4.33. The van der Waals surface area contributed by atoms with E-state index in [0.717, 1.165) is 10.6 Å². The molecule has 0 fully saturated rings. The molecule has 11 heteroatoms. The minimum absolute atomic E-state index is 0.118. The van der Waals surface area contributed by atoms with E-state index in [1.54, 1.807) is 16.9 Å². The summed E-state index contributed by atoms with van der Waals surface area (Å²) in [6, 6.07) is 3.89. The Hall–Kier alpha value is -3.50. The van der Waals surface area contributed by atoms with Gasteiger partial charge in [-0.1, -0.05) is 0 Å². The largest absolute Gasteiger partial charge is 0.477 e. The van der Waals surface area contributed by atoms with Crippen LogP contribution in [0.1, 0.15) is 28.7 Å². The first-order chi connectivity index (χ1) is 13.2. The number of fused-ring (bicyclic) bond motifs is 3. The van der Waals surface area contributed by atoms with E-state index >= 15 is 0 Å². The standard InChI is InChI=1S/C17H13F3N6O2/c1-3-25-10(4-5-21-25)9-7-11(16(27)28)26-15(22-9)13-8(2)6-12(17(18,19)20)23-14(13)24-26/h4-7H,3H2,1-2H3,(H,27,28). The minimum atomic E-state index is -4.64. The van der Waals surface area contributed by atoms with Crippen molar-refractivity contribution in [2.45, 2.75) is 26.6 Å². The molecule has 4 aromatic rings. The molecule has 0 aliphatic heterocycles. The number of pyridine rings is 1. The number of hydrogen-bond donors (Lipinski definition) is 1. The number of nitrogens with zero attached hydrogens (tertiary/aromatic N) is 6. The van der Waals surface area contributed by atoms with Crippen molar-refractivity contribution < 1.29 is 23.1 Å². The van der Waals surface area contributed by atoms with Crippen LogP contribution >= 0.6 is 0 Å². The second-order valence-electron chi connectivity index (χ2n) is 6.12. The second-order valence-corrected chi connectivity index (χ2v) is 6.12. The van der Waals surface area contributed by atoms with E-state index in [4.69, 9.17) is 0 Å². The number of alkyl halides is 3. The van der Waals surface area contributed by atoms with E-state index in [-0.39, 0.29) is 27.9 Å². The highest BCUT2D eigenvalue weighted by Crippen LogP contribution is 2.32. The van der Waals surface area contributed by atoms with Crippen LogP contribution in [0, 0.1) is 6.92 Å². The van der Waals surface area contributed by atoms with Gasteiger partial charge in [-0.05, 0) is 37.6 Å². The molecule has 8 nitrogen and oxygen atoms in total. The Balaban J connectivity index is 2.09. The summed E-state index contributed by atoms with van der Waals surface area (Å²) in [5.41, 5.74) is -0.283. The van der Waals surface area contributed by atoms with Gasteiger partial charge in [0.05, 0.1) is 16.8 Å². The van der Waals surface area contributed by atoms with Crippen LogP contribution in [0.15, 0.2) is 24.4 Å². The smallest absolute Gasteiger partial charge is 0.433 e. The van der Waals surface area contributed by atoms with Crippen molar-refractivity contribution in [3.63, 3.8) is 0 Å². The first-order valence-electron chi connectivity index (χ1n) is 8.24. The van der Waals surface area contributed by atoms with Crippen molar-refractivity contribution in [2.24, 2.45) is 0 Å². The van der Waals surface area contributed by atoms with E-state index in [1.165, 1.54) is 13.0 Å². The topological polar surface area (TPSA) is 98.2 Å². The van der Waals surface area contributed by atoms with Gasteiger partial charge in [0.15, 0.2) is 17.0 Å². The lowest BCUT2D eigenvalue weighted by Crippen LogP contribution is -2.09. The average Bonchev–Trinajstić information content (AvgIpc) is 3.23. The zero-order valence-corrected chi connectivity index (χ0v) is 14.7. The number of rotatable bonds is 3. The summed E-state index contributed by atoms with van der Waals surface area (Å²) in [6.07, 6.45) is -3.08. The van der Waals surface area contributed by atoms with E-state index in [9.17, 15) is 23.1 Å². The van der Waals surface area contributed by atoms with Gasteiger partial charge >= 0.3 is 12.1 Å². The molecule has 4 aromatic heterocycles. The maximum Gasteiger partial charge on any atom is 0.433 e. The summed E-state index contributed by atoms with van der Waals surface area (Å²) in [5.74, 6) is -1.29. The molecule has 4 rings (SSSR count). The van der Waals surface area contributed by atoms with Crippen LogP contribution in [0.3, 0.4) is 0 Å². The Morgan fingerprint density at radius 1 is 1.25 bits per heavy atom. The minimum Gasteiger partial charge on any atom is -0.477 e. The van der Waals surface area contributed by atoms with Gasteiger partial charge < -0.3 is 5.11 Å². The van der Waals surface area contributed by atoms with Gasteiger partial charge in [0, 0.05) is 12.7 Å². The average molecular weight is 390 g/mol. The molecule has 0 saturated heterocycles. The zero-order valence-electron chi connectivity index (χ0n) is 14.7. The SMILES string of the molecule is CCn1nccc1-c1cc(C(=O)O)n2nc3nc(C(F)(F)F)cc(C)c3c2n1. The molecule has 0 aromatic carbocycles. The molecule has 0 spiro atoms. The summed E-state index contributed by atoms with van der Waals surface area (Å²) in [6.45, 7) is 3.88. The van der Waals surface area contributed by atoms with Gasteiger partial charge in [-0.3, -0.25) is 4.68 Å². The Kier molecular flexibility index (Phi) is 3.84. The molecule has 0 atom stereocenters. The number of aryl methyl sites for hydroxylation is 2. The first-order valence-corrected chi connectivity index (χ1v) is 8.24. The number of hydrogen-bond acceptors (Lipinski definition) is 5. The van der Waals surface area contributed by atoms with Crippen LogP contribution in [-0.4, -0.2) is 40.4 Å². The van der Waals surface area contributed by atoms with Crippen LogP contribution in [-0.2, 0) is 12.7 Å². The van der Waals surface area contributed by atoms with Crippen LogP contribution < -0.4 is 0 Å². The molecule has 1 N–H and O–H groups in total. The zero-order chi connectivity index (χ0) is 20.2. The van der Waals surface area contributed by atoms with Gasteiger partial charge in [-0.15, -0.1) is 5.10 Å². The molecule has 4 heterocycles. The Morgan fingerprint density at radius 3 is 2.64 bits per heavy atom. The molecule has 144 valence electrons. The molecule has 0 aliphatic rings. The summed E-state index contributed by atoms with van der Waals surface area (Å²) < 4.78 is 41.9. The number of aromatic carboxylic acids is 1. The van der Waals surface area contributed by atoms with Gasteiger partial charge in [-0.25, -0.2) is 19.3 Å². The molecule has 0 saturated carbocycles. The second kappa shape index (κ2) is 6.01. The molecule has 0 unspecified atom stereocenters. The van der Waals surface area contributed by atoms with E-state index in [0.29, 0.717) is 17.9 Å². The predicted octanol–water partition coefficient (Wildman–Crippen LogP) is 3.19. The molecular formula is C17H13F3N6O2. The maximum absolute atomic E-state index is 13.1. The van der Waals surface area contributed by atoms with Crippen LogP contribution in [0.5, 0.6) is 0 Å². The van der Waals surface area contributed by atoms with Crippen molar-refractivity contribution in [3.8, 4) is 11.4 Å². The predicted molar refractivity (Wildman–Crippen MR) is 91.9 cm³/mol. The normalized spacial score (nSPS) is 12.2. The third-order valence-electron chi connectivity index (χ3n) is 4.33. The summed E-state index contributed by atoms with van der Waals surface area (Å²) >= 11 is 0. The molecule has 0 amide bonds. The van der Waals surface area contributed by atoms with Crippen molar-refractivity contribution in [1.29, 1.82) is 0 Å². The molecule has 0 aliphatic carbocycles. The fourth-order valence-electron chi connectivity index (χ4n) is 3.09. The first kappa shape index (κ1) is 17.9. The van der Waals surface area contributed by atoms with Crippen molar-refractivity contribution in [1.82, 2.24) is 29.4 Å². The summed E-state index contributed by atoms with van der Waals surface area (Å²) in [7, 11) is 0. The summed E-state index contributed by atoms with van der Waals surface area (Å²) in [5, 5.41) is 18.0. The number of aromatic nitrogens is 6. The van der Waals surface area contributed by atoms with Crippen molar-refractivity contribution in [2.75, 3.05) is 0 Å². The van der Waals surface area contributed by atoms with Gasteiger partial charge in [-0.2, -0.15) is 18.3 Å². The third kappa shape index (κ3) is 2.66. The lowest BCUT2D eigenvalue weighted by atomic mass is 10.1. The highest BCUT2D eigenvalue weighted by atomic mass is 19.4. The number of halogens is 3. The number of carbonyl (C=O) groups is 1.